The van der Waals surface area contributed by atoms with Crippen LogP contribution in [-0.4, -0.2) is 60.9 Å². The molecule has 0 bridgehead atoms. The number of piperazine rings is 1. The van der Waals surface area contributed by atoms with E-state index in [-0.39, 0.29) is 35.2 Å². The van der Waals surface area contributed by atoms with E-state index >= 15 is 0 Å². The number of hydrogen-bond donors (Lipinski definition) is 1. The van der Waals surface area contributed by atoms with Gasteiger partial charge in [-0.15, -0.1) is 12.4 Å². The zero-order valence-electron chi connectivity index (χ0n) is 13.1. The molecular weight excluding hydrogens is 356 g/mol. The Morgan fingerprint density at radius 2 is 1.83 bits per heavy atom. The third kappa shape index (κ3) is 3.99. The van der Waals surface area contributed by atoms with Gasteiger partial charge in [0, 0.05) is 32.7 Å². The van der Waals surface area contributed by atoms with Crippen LogP contribution in [0.15, 0.2) is 18.2 Å². The molecule has 1 aromatic carbocycles. The maximum atomic E-state index is 13.1. The molecule has 2 aliphatic heterocycles. The van der Waals surface area contributed by atoms with Gasteiger partial charge < -0.3 is 15.1 Å². The van der Waals surface area contributed by atoms with E-state index in [4.69, 9.17) is 11.6 Å². The zero-order valence-corrected chi connectivity index (χ0v) is 14.7. The summed E-state index contributed by atoms with van der Waals surface area (Å²) in [5.41, 5.74) is 0.299. The van der Waals surface area contributed by atoms with Crippen LogP contribution in [-0.2, 0) is 4.79 Å². The van der Waals surface area contributed by atoms with Gasteiger partial charge in [-0.25, -0.2) is 4.39 Å². The third-order valence-electron chi connectivity index (χ3n) is 4.45. The number of carbonyl (C=O) groups is 2. The second-order valence-corrected chi connectivity index (χ2v) is 6.34. The minimum absolute atomic E-state index is 0. The first-order valence-electron chi connectivity index (χ1n) is 7.80. The van der Waals surface area contributed by atoms with Gasteiger partial charge in [0.1, 0.15) is 5.82 Å². The number of amides is 2. The fraction of sp³-hybridized carbons (Fsp3) is 0.500. The molecule has 0 spiro atoms. The Morgan fingerprint density at radius 1 is 1.17 bits per heavy atom. The van der Waals surface area contributed by atoms with Gasteiger partial charge in [-0.3, -0.25) is 9.59 Å². The van der Waals surface area contributed by atoms with Crippen molar-refractivity contribution in [2.45, 2.75) is 6.42 Å². The summed E-state index contributed by atoms with van der Waals surface area (Å²) in [4.78, 5) is 28.3. The molecular formula is C16H20Cl2FN3O2. The molecule has 5 nitrogen and oxygen atoms in total. The minimum atomic E-state index is -0.466. The lowest BCUT2D eigenvalue weighted by atomic mass is 10.1. The predicted molar refractivity (Wildman–Crippen MR) is 92.1 cm³/mol. The molecule has 1 aromatic rings. The van der Waals surface area contributed by atoms with Crippen LogP contribution in [0.5, 0.6) is 0 Å². The molecule has 2 saturated heterocycles. The highest BCUT2D eigenvalue weighted by Crippen LogP contribution is 2.20. The van der Waals surface area contributed by atoms with Crippen LogP contribution in [0.2, 0.25) is 5.02 Å². The van der Waals surface area contributed by atoms with E-state index in [0.29, 0.717) is 31.7 Å². The molecule has 1 atom stereocenters. The lowest BCUT2D eigenvalue weighted by Crippen LogP contribution is -2.52. The zero-order chi connectivity index (χ0) is 16.4. The fourth-order valence-electron chi connectivity index (χ4n) is 3.09. The van der Waals surface area contributed by atoms with Gasteiger partial charge in [0.25, 0.3) is 5.91 Å². The van der Waals surface area contributed by atoms with Gasteiger partial charge in [0.05, 0.1) is 16.5 Å². The average Bonchev–Trinajstić information content (AvgIpc) is 3.08. The Kier molecular flexibility index (Phi) is 6.43. The summed E-state index contributed by atoms with van der Waals surface area (Å²) in [6, 6.07) is 3.77. The van der Waals surface area contributed by atoms with Crippen molar-refractivity contribution in [3.63, 3.8) is 0 Å². The normalized spacial score (nSPS) is 20.7. The molecule has 3 rings (SSSR count). The van der Waals surface area contributed by atoms with Crippen LogP contribution in [0.1, 0.15) is 16.8 Å². The molecule has 0 aromatic heterocycles. The molecule has 8 heteroatoms. The highest BCUT2D eigenvalue weighted by Gasteiger charge is 2.31. The van der Waals surface area contributed by atoms with E-state index in [1.807, 2.05) is 4.90 Å². The maximum absolute atomic E-state index is 13.1. The van der Waals surface area contributed by atoms with Crippen molar-refractivity contribution in [2.24, 2.45) is 5.92 Å². The van der Waals surface area contributed by atoms with Gasteiger partial charge >= 0.3 is 0 Å². The Hall–Kier alpha value is -1.37. The third-order valence-corrected chi connectivity index (χ3v) is 4.76. The predicted octanol–water partition coefficient (Wildman–Crippen LogP) is 1.79. The van der Waals surface area contributed by atoms with Crippen molar-refractivity contribution in [1.29, 1.82) is 0 Å². The summed E-state index contributed by atoms with van der Waals surface area (Å²) in [5, 5.41) is 3.31. The van der Waals surface area contributed by atoms with Crippen molar-refractivity contribution < 1.29 is 14.0 Å². The molecule has 0 radical (unpaired) electrons. The van der Waals surface area contributed by atoms with Gasteiger partial charge in [-0.1, -0.05) is 11.6 Å². The van der Waals surface area contributed by atoms with Crippen LogP contribution < -0.4 is 5.32 Å². The number of benzene rings is 1. The quantitative estimate of drug-likeness (QED) is 0.857. The van der Waals surface area contributed by atoms with Crippen molar-refractivity contribution in [1.82, 2.24) is 15.1 Å². The monoisotopic (exact) mass is 375 g/mol. The second kappa shape index (κ2) is 8.14. The first kappa shape index (κ1) is 19.0. The Bertz CT molecular complexity index is 615. The van der Waals surface area contributed by atoms with E-state index in [9.17, 15) is 14.0 Å². The first-order valence-corrected chi connectivity index (χ1v) is 8.18. The molecule has 2 amide bonds. The van der Waals surface area contributed by atoms with E-state index in [1.165, 1.54) is 12.1 Å². The van der Waals surface area contributed by atoms with Gasteiger partial charge in [0.15, 0.2) is 0 Å². The van der Waals surface area contributed by atoms with Crippen molar-refractivity contribution in [2.75, 3.05) is 39.3 Å². The lowest BCUT2D eigenvalue weighted by molar-refractivity contribution is -0.136. The van der Waals surface area contributed by atoms with Crippen molar-refractivity contribution >= 4 is 35.8 Å². The van der Waals surface area contributed by atoms with Crippen molar-refractivity contribution in [3.05, 3.63) is 34.6 Å². The summed E-state index contributed by atoms with van der Waals surface area (Å²) < 4.78 is 13.1. The SMILES string of the molecule is Cl.O=C(c1ccc(F)cc1Cl)N1CCN(C(=O)C2CCNC2)CC1. The van der Waals surface area contributed by atoms with E-state index in [2.05, 4.69) is 5.32 Å². The Balaban J connectivity index is 0.00000208. The van der Waals surface area contributed by atoms with Crippen LogP contribution in [0.25, 0.3) is 0 Å². The lowest BCUT2D eigenvalue weighted by Gasteiger charge is -2.36. The van der Waals surface area contributed by atoms with Crippen LogP contribution in [0, 0.1) is 11.7 Å². The fourth-order valence-corrected chi connectivity index (χ4v) is 3.33. The number of carbonyl (C=O) groups excluding carboxylic acids is 2. The number of halogens is 3. The molecule has 0 saturated carbocycles. The minimum Gasteiger partial charge on any atom is -0.339 e. The van der Waals surface area contributed by atoms with E-state index < -0.39 is 5.82 Å². The molecule has 24 heavy (non-hydrogen) atoms. The Morgan fingerprint density at radius 3 is 2.42 bits per heavy atom. The molecule has 1 unspecified atom stereocenters. The first-order chi connectivity index (χ1) is 11.1. The van der Waals surface area contributed by atoms with E-state index in [1.54, 1.807) is 4.90 Å². The number of rotatable bonds is 2. The largest absolute Gasteiger partial charge is 0.339 e. The molecule has 2 heterocycles. The number of nitrogens with one attached hydrogen (secondary N) is 1. The van der Waals surface area contributed by atoms with E-state index in [0.717, 1.165) is 25.6 Å². The highest BCUT2D eigenvalue weighted by atomic mass is 35.5. The maximum Gasteiger partial charge on any atom is 0.255 e. The molecule has 1 N–H and O–H groups in total. The summed E-state index contributed by atoms with van der Waals surface area (Å²) in [5.74, 6) is -0.456. The second-order valence-electron chi connectivity index (χ2n) is 5.93. The summed E-state index contributed by atoms with van der Waals surface area (Å²) in [6.45, 7) is 3.62. The molecule has 2 fully saturated rings. The van der Waals surface area contributed by atoms with Crippen molar-refractivity contribution in [3.8, 4) is 0 Å². The van der Waals surface area contributed by atoms with Crippen LogP contribution in [0.3, 0.4) is 0 Å². The van der Waals surface area contributed by atoms with Crippen LogP contribution in [0.4, 0.5) is 4.39 Å². The topological polar surface area (TPSA) is 52.7 Å². The molecule has 132 valence electrons. The van der Waals surface area contributed by atoms with Crippen LogP contribution >= 0.6 is 24.0 Å². The molecule has 0 aliphatic carbocycles. The van der Waals surface area contributed by atoms with Gasteiger partial charge in [-0.2, -0.15) is 0 Å². The van der Waals surface area contributed by atoms with Gasteiger partial charge in [-0.05, 0) is 31.2 Å². The summed E-state index contributed by atoms with van der Waals surface area (Å²) >= 11 is 5.95. The molecule has 2 aliphatic rings. The standard InChI is InChI=1S/C16H19ClFN3O2.ClH/c17-14-9-12(18)1-2-13(14)16(23)21-7-5-20(6-8-21)15(22)11-3-4-19-10-11;/h1-2,9,11,19H,3-8,10H2;1H. The van der Waals surface area contributed by atoms with Gasteiger partial charge in [0.2, 0.25) is 5.91 Å². The number of nitrogens with zero attached hydrogens (tertiary/aromatic N) is 2. The number of hydrogen-bond acceptors (Lipinski definition) is 3. The highest BCUT2D eigenvalue weighted by molar-refractivity contribution is 6.33. The smallest absolute Gasteiger partial charge is 0.255 e. The average molecular weight is 376 g/mol. The Labute approximate surface area is 151 Å². The summed E-state index contributed by atoms with van der Waals surface area (Å²) in [6.07, 6.45) is 0.878. The summed E-state index contributed by atoms with van der Waals surface area (Å²) in [7, 11) is 0.